The van der Waals surface area contributed by atoms with Crippen LogP contribution in [0.5, 0.6) is 0 Å². The zero-order valence-corrected chi connectivity index (χ0v) is 15.1. The van der Waals surface area contributed by atoms with Gasteiger partial charge in [0.25, 0.3) is 0 Å². The third-order valence-electron chi connectivity index (χ3n) is 2.91. The van der Waals surface area contributed by atoms with Gasteiger partial charge in [0.05, 0.1) is 12.5 Å². The first-order valence-electron chi connectivity index (χ1n) is 6.65. The predicted molar refractivity (Wildman–Crippen MR) is 91.6 cm³/mol. The number of aliphatic imine (C=N–C) groups is 1. The summed E-state index contributed by atoms with van der Waals surface area (Å²) >= 11 is 0. The van der Waals surface area contributed by atoms with Crippen LogP contribution in [0.3, 0.4) is 0 Å². The van der Waals surface area contributed by atoms with Crippen LogP contribution in [-0.4, -0.2) is 39.4 Å². The molecular weight excluding hydrogens is 429 g/mol. The number of guanidine groups is 1. The maximum absolute atomic E-state index is 12.9. The molecule has 1 aromatic rings. The van der Waals surface area contributed by atoms with Crippen LogP contribution < -0.4 is 10.6 Å². The van der Waals surface area contributed by atoms with E-state index in [1.807, 2.05) is 0 Å². The van der Waals surface area contributed by atoms with E-state index in [4.69, 9.17) is 4.74 Å². The molecule has 0 aliphatic rings. The summed E-state index contributed by atoms with van der Waals surface area (Å²) < 4.78 is 54.4. The van der Waals surface area contributed by atoms with Crippen LogP contribution in [0.1, 0.15) is 18.1 Å². The number of methoxy groups -OCH3 is 1. The summed E-state index contributed by atoms with van der Waals surface area (Å²) in [5.74, 6) is -0.107. The van der Waals surface area contributed by atoms with Crippen molar-refractivity contribution in [2.24, 2.45) is 4.99 Å². The molecule has 23 heavy (non-hydrogen) atoms. The van der Waals surface area contributed by atoms with Crippen LogP contribution in [0, 0.1) is 5.82 Å². The molecule has 0 aliphatic heterocycles. The highest BCUT2D eigenvalue weighted by atomic mass is 127. The van der Waals surface area contributed by atoms with Gasteiger partial charge in [-0.2, -0.15) is 13.2 Å². The Kier molecular flexibility index (Phi) is 10.1. The monoisotopic (exact) mass is 449 g/mol. The Balaban J connectivity index is 0.00000484. The van der Waals surface area contributed by atoms with Gasteiger partial charge >= 0.3 is 6.18 Å². The van der Waals surface area contributed by atoms with Crippen molar-refractivity contribution < 1.29 is 22.3 Å². The molecule has 4 nitrogen and oxygen atoms in total. The second kappa shape index (κ2) is 10.6. The van der Waals surface area contributed by atoms with Gasteiger partial charge in [-0.15, -0.1) is 24.0 Å². The second-order valence-corrected chi connectivity index (χ2v) is 4.52. The van der Waals surface area contributed by atoms with Crippen LogP contribution in [-0.2, 0) is 4.74 Å². The van der Waals surface area contributed by atoms with Gasteiger partial charge in [0.2, 0.25) is 0 Å². The van der Waals surface area contributed by atoms with Gasteiger partial charge < -0.3 is 15.4 Å². The highest BCUT2D eigenvalue weighted by Gasteiger charge is 2.26. The second-order valence-electron chi connectivity index (χ2n) is 4.52. The van der Waals surface area contributed by atoms with Crippen molar-refractivity contribution >= 4 is 29.9 Å². The van der Waals surface area contributed by atoms with Gasteiger partial charge in [0.15, 0.2) is 5.96 Å². The first-order chi connectivity index (χ1) is 10.4. The average molecular weight is 449 g/mol. The number of nitrogens with zero attached hydrogens (tertiary/aromatic N) is 1. The lowest BCUT2D eigenvalue weighted by molar-refractivity contribution is -0.132. The first kappa shape index (κ1) is 21.9. The van der Waals surface area contributed by atoms with Gasteiger partial charge in [-0.1, -0.05) is 12.1 Å². The van der Waals surface area contributed by atoms with Crippen molar-refractivity contribution in [2.75, 3.05) is 27.2 Å². The molecule has 0 spiro atoms. The molecule has 0 aliphatic carbocycles. The quantitative estimate of drug-likeness (QED) is 0.304. The summed E-state index contributed by atoms with van der Waals surface area (Å²) in [4.78, 5) is 3.83. The Hall–Kier alpha value is -1.10. The number of nitrogens with one attached hydrogen (secondary N) is 2. The summed E-state index contributed by atoms with van der Waals surface area (Å²) in [7, 11) is 2.96. The van der Waals surface area contributed by atoms with Gasteiger partial charge in [-0.25, -0.2) is 4.39 Å². The zero-order chi connectivity index (χ0) is 16.6. The number of hydrogen-bond donors (Lipinski definition) is 2. The van der Waals surface area contributed by atoms with E-state index >= 15 is 0 Å². The van der Waals surface area contributed by atoms with E-state index in [9.17, 15) is 17.6 Å². The highest BCUT2D eigenvalue weighted by molar-refractivity contribution is 14.0. The summed E-state index contributed by atoms with van der Waals surface area (Å²) in [6.45, 7) is 0.0190. The number of ether oxygens (including phenoxy) is 1. The lowest BCUT2D eigenvalue weighted by atomic mass is 10.1. The van der Waals surface area contributed by atoms with Crippen LogP contribution in [0.2, 0.25) is 0 Å². The fourth-order valence-electron chi connectivity index (χ4n) is 1.75. The van der Waals surface area contributed by atoms with E-state index in [0.29, 0.717) is 0 Å². The number of rotatable bonds is 6. The summed E-state index contributed by atoms with van der Waals surface area (Å²) in [6, 6.07) is 5.81. The van der Waals surface area contributed by atoms with Crippen molar-refractivity contribution in [1.29, 1.82) is 0 Å². The molecule has 0 aromatic heterocycles. The fraction of sp³-hybridized carbons (Fsp3) is 0.500. The molecule has 0 heterocycles. The minimum Gasteiger partial charge on any atom is -0.375 e. The van der Waals surface area contributed by atoms with Gasteiger partial charge in [-0.3, -0.25) is 4.99 Å². The molecule has 0 radical (unpaired) electrons. The number of halogens is 5. The highest BCUT2D eigenvalue weighted by Crippen LogP contribution is 2.18. The van der Waals surface area contributed by atoms with Crippen molar-refractivity contribution in [1.82, 2.24) is 10.6 Å². The fourth-order valence-corrected chi connectivity index (χ4v) is 1.75. The maximum Gasteiger partial charge on any atom is 0.390 e. The van der Waals surface area contributed by atoms with E-state index in [-0.39, 0.29) is 54.9 Å². The van der Waals surface area contributed by atoms with E-state index < -0.39 is 12.6 Å². The largest absolute Gasteiger partial charge is 0.390 e. The molecule has 0 amide bonds. The normalized spacial score (nSPS) is 13.2. The lowest BCUT2D eigenvalue weighted by Crippen LogP contribution is -2.40. The molecule has 132 valence electrons. The zero-order valence-electron chi connectivity index (χ0n) is 12.8. The SMILES string of the molecule is CN=C(NCCC(F)(F)F)NCC(OC)c1ccc(F)cc1.I. The molecule has 1 rings (SSSR count). The molecule has 0 fully saturated rings. The predicted octanol–water partition coefficient (Wildman–Crippen LogP) is 3.25. The number of benzene rings is 1. The molecule has 0 saturated carbocycles. The topological polar surface area (TPSA) is 45.7 Å². The molecule has 1 unspecified atom stereocenters. The van der Waals surface area contributed by atoms with Crippen molar-refractivity contribution in [3.05, 3.63) is 35.6 Å². The molecule has 9 heteroatoms. The summed E-state index contributed by atoms with van der Waals surface area (Å²) in [6.07, 6.45) is -5.53. The minimum atomic E-state index is -4.21. The first-order valence-corrected chi connectivity index (χ1v) is 6.65. The molecular formula is C14H20F4IN3O. The average Bonchev–Trinajstić information content (AvgIpc) is 2.46. The Labute approximate surface area is 149 Å². The maximum atomic E-state index is 12.9. The Bertz CT molecular complexity index is 480. The standard InChI is InChI=1S/C14H19F4N3O.HI/c1-19-13(20-8-7-14(16,17)18)21-9-12(22-2)10-3-5-11(15)6-4-10;/h3-6,12H,7-9H2,1-2H3,(H2,19,20,21);1H. The van der Waals surface area contributed by atoms with Crippen LogP contribution in [0.25, 0.3) is 0 Å². The van der Waals surface area contributed by atoms with Gasteiger partial charge in [-0.05, 0) is 17.7 Å². The smallest absolute Gasteiger partial charge is 0.375 e. The molecule has 1 atom stereocenters. The lowest BCUT2D eigenvalue weighted by Gasteiger charge is -2.19. The van der Waals surface area contributed by atoms with Crippen molar-refractivity contribution in [3.8, 4) is 0 Å². The van der Waals surface area contributed by atoms with E-state index in [1.165, 1.54) is 26.3 Å². The van der Waals surface area contributed by atoms with Gasteiger partial charge in [0.1, 0.15) is 5.82 Å². The van der Waals surface area contributed by atoms with Crippen molar-refractivity contribution in [3.63, 3.8) is 0 Å². The van der Waals surface area contributed by atoms with E-state index in [0.717, 1.165) is 5.56 Å². The minimum absolute atomic E-state index is 0. The summed E-state index contributed by atoms with van der Waals surface area (Å²) in [5, 5.41) is 5.44. The Morgan fingerprint density at radius 3 is 2.30 bits per heavy atom. The summed E-state index contributed by atoms with van der Waals surface area (Å²) in [5.41, 5.74) is 0.752. The molecule has 0 saturated heterocycles. The number of hydrogen-bond acceptors (Lipinski definition) is 2. The van der Waals surface area contributed by atoms with Crippen molar-refractivity contribution in [2.45, 2.75) is 18.7 Å². The molecule has 1 aromatic carbocycles. The Morgan fingerprint density at radius 1 is 1.22 bits per heavy atom. The third-order valence-corrected chi connectivity index (χ3v) is 2.91. The number of alkyl halides is 3. The van der Waals surface area contributed by atoms with Crippen LogP contribution in [0.4, 0.5) is 17.6 Å². The van der Waals surface area contributed by atoms with E-state index in [2.05, 4.69) is 15.6 Å². The Morgan fingerprint density at radius 2 is 1.83 bits per heavy atom. The van der Waals surface area contributed by atoms with Crippen LogP contribution >= 0.6 is 24.0 Å². The van der Waals surface area contributed by atoms with Crippen LogP contribution in [0.15, 0.2) is 29.3 Å². The molecule has 0 bridgehead atoms. The third kappa shape index (κ3) is 8.94. The van der Waals surface area contributed by atoms with E-state index in [1.54, 1.807) is 12.1 Å². The molecule has 2 N–H and O–H groups in total. The van der Waals surface area contributed by atoms with Gasteiger partial charge in [0, 0.05) is 27.2 Å².